The van der Waals surface area contributed by atoms with Gasteiger partial charge in [0, 0.05) is 18.5 Å². The number of esters is 1. The van der Waals surface area contributed by atoms with Crippen LogP contribution in [0.25, 0.3) is 11.0 Å². The van der Waals surface area contributed by atoms with Crippen molar-refractivity contribution in [2.45, 2.75) is 46.8 Å². The van der Waals surface area contributed by atoms with E-state index in [0.717, 1.165) is 5.56 Å². The van der Waals surface area contributed by atoms with Gasteiger partial charge in [-0.15, -0.1) is 0 Å². The van der Waals surface area contributed by atoms with E-state index in [4.69, 9.17) is 26.1 Å². The molecule has 0 aliphatic rings. The Labute approximate surface area is 180 Å². The van der Waals surface area contributed by atoms with Crippen molar-refractivity contribution < 1.29 is 14.3 Å². The predicted octanol–water partition coefficient (Wildman–Crippen LogP) is 3.96. The molecule has 3 aromatic rings. The Bertz CT molecular complexity index is 1150. The molecule has 0 bridgehead atoms. The minimum Gasteiger partial charge on any atom is -0.488 e. The van der Waals surface area contributed by atoms with Crippen molar-refractivity contribution in [2.24, 2.45) is 7.05 Å². The molecule has 0 spiro atoms. The van der Waals surface area contributed by atoms with Crippen molar-refractivity contribution in [3.05, 3.63) is 56.7 Å². The lowest BCUT2D eigenvalue weighted by Crippen LogP contribution is -2.26. The van der Waals surface area contributed by atoms with Crippen LogP contribution in [-0.4, -0.2) is 32.8 Å². The fourth-order valence-corrected chi connectivity index (χ4v) is 3.65. The molecule has 1 aromatic carbocycles. The van der Waals surface area contributed by atoms with Gasteiger partial charge in [0.25, 0.3) is 5.56 Å². The molecule has 2 heterocycles. The molecule has 7 nitrogen and oxygen atoms in total. The van der Waals surface area contributed by atoms with Crippen LogP contribution in [0, 0.1) is 0 Å². The van der Waals surface area contributed by atoms with E-state index in [-0.39, 0.29) is 35.1 Å². The number of halogens is 1. The number of carbonyl (C=O) groups is 1. The van der Waals surface area contributed by atoms with E-state index in [1.165, 1.54) is 0 Å². The Kier molecular flexibility index (Phi) is 6.51. The number of rotatable bonds is 7. The van der Waals surface area contributed by atoms with E-state index >= 15 is 0 Å². The maximum atomic E-state index is 13.6. The predicted molar refractivity (Wildman–Crippen MR) is 117 cm³/mol. The Hall–Kier alpha value is -2.80. The third kappa shape index (κ3) is 4.07. The normalized spacial score (nSPS) is 11.3. The number of hydrogen-bond acceptors (Lipinski definition) is 5. The molecule has 0 unspecified atom stereocenters. The number of aromatic nitrogens is 3. The molecule has 0 atom stereocenters. The molecular formula is C22H26ClN3O4. The summed E-state index contributed by atoms with van der Waals surface area (Å²) in [7, 11) is 1.69. The maximum Gasteiger partial charge on any atom is 0.358 e. The highest BCUT2D eigenvalue weighted by molar-refractivity contribution is 6.30. The van der Waals surface area contributed by atoms with E-state index in [9.17, 15) is 9.59 Å². The van der Waals surface area contributed by atoms with Gasteiger partial charge in [0.1, 0.15) is 11.2 Å². The largest absolute Gasteiger partial charge is 0.488 e. The van der Waals surface area contributed by atoms with E-state index in [1.807, 2.05) is 39.0 Å². The molecule has 0 saturated heterocycles. The second-order valence-corrected chi connectivity index (χ2v) is 7.66. The molecule has 0 N–H and O–H groups in total. The Morgan fingerprint density at radius 2 is 2.00 bits per heavy atom. The molecule has 0 amide bonds. The highest BCUT2D eigenvalue weighted by atomic mass is 35.5. The van der Waals surface area contributed by atoms with Gasteiger partial charge in [0.2, 0.25) is 0 Å². The van der Waals surface area contributed by atoms with Gasteiger partial charge >= 0.3 is 5.97 Å². The molecule has 0 fully saturated rings. The Balaban J connectivity index is 2.30. The third-order valence-corrected chi connectivity index (χ3v) is 4.93. The lowest BCUT2D eigenvalue weighted by atomic mass is 10.2. The molecule has 8 heteroatoms. The van der Waals surface area contributed by atoms with Crippen LogP contribution in [0.4, 0.5) is 0 Å². The average molecular weight is 432 g/mol. The topological polar surface area (TPSA) is 75.3 Å². The van der Waals surface area contributed by atoms with Gasteiger partial charge in [-0.1, -0.05) is 30.7 Å². The third-order valence-electron chi connectivity index (χ3n) is 4.69. The maximum absolute atomic E-state index is 13.6. The number of nitrogens with zero attached hydrogens (tertiary/aromatic N) is 3. The summed E-state index contributed by atoms with van der Waals surface area (Å²) in [5, 5.41) is 0.870. The Morgan fingerprint density at radius 1 is 1.27 bits per heavy atom. The number of hydrogen-bond donors (Lipinski definition) is 0. The number of benzene rings is 1. The molecule has 3 rings (SSSR count). The summed E-state index contributed by atoms with van der Waals surface area (Å²) in [6.45, 7) is 7.88. The Morgan fingerprint density at radius 3 is 2.60 bits per heavy atom. The van der Waals surface area contributed by atoms with Crippen molar-refractivity contribution in [1.82, 2.24) is 14.1 Å². The first-order valence-electron chi connectivity index (χ1n) is 9.98. The van der Waals surface area contributed by atoms with Crippen molar-refractivity contribution in [3.8, 4) is 5.75 Å². The van der Waals surface area contributed by atoms with Gasteiger partial charge in [-0.2, -0.15) is 0 Å². The standard InChI is InChI=1S/C22H26ClN3O4/c1-6-16-24-20-17(21(27)26(16)12-14-9-8-10-15(23)11-14)19(30-13(3)4)18(25(20)5)22(28)29-7-2/h8-11,13H,6-7,12H2,1-5H3. The van der Waals surface area contributed by atoms with Crippen LogP contribution in [0.3, 0.4) is 0 Å². The lowest BCUT2D eigenvalue weighted by Gasteiger charge is -2.13. The summed E-state index contributed by atoms with van der Waals surface area (Å²) < 4.78 is 14.3. The minimum atomic E-state index is -0.549. The summed E-state index contributed by atoms with van der Waals surface area (Å²) in [5.74, 6) is 0.271. The summed E-state index contributed by atoms with van der Waals surface area (Å²) >= 11 is 6.11. The van der Waals surface area contributed by atoms with Crippen molar-refractivity contribution in [2.75, 3.05) is 6.61 Å². The first kappa shape index (κ1) is 21.9. The smallest absolute Gasteiger partial charge is 0.358 e. The zero-order chi connectivity index (χ0) is 22.0. The van der Waals surface area contributed by atoms with E-state index in [2.05, 4.69) is 0 Å². The number of aryl methyl sites for hydroxylation is 2. The molecule has 2 aromatic heterocycles. The van der Waals surface area contributed by atoms with E-state index in [0.29, 0.717) is 29.5 Å². The van der Waals surface area contributed by atoms with Gasteiger partial charge in [0.15, 0.2) is 17.1 Å². The van der Waals surface area contributed by atoms with Crippen molar-refractivity contribution in [1.29, 1.82) is 0 Å². The van der Waals surface area contributed by atoms with Gasteiger partial charge in [-0.25, -0.2) is 9.78 Å². The quantitative estimate of drug-likeness (QED) is 0.529. The zero-order valence-corrected chi connectivity index (χ0v) is 18.6. The van der Waals surface area contributed by atoms with Crippen LogP contribution in [0.5, 0.6) is 5.75 Å². The van der Waals surface area contributed by atoms with Gasteiger partial charge in [-0.05, 0) is 38.5 Å². The monoisotopic (exact) mass is 431 g/mol. The van der Waals surface area contributed by atoms with Crippen LogP contribution in [-0.2, 0) is 24.8 Å². The second kappa shape index (κ2) is 8.92. The first-order chi connectivity index (χ1) is 14.3. The average Bonchev–Trinajstić information content (AvgIpc) is 2.95. The fourth-order valence-electron chi connectivity index (χ4n) is 3.43. The molecule has 0 aliphatic heterocycles. The lowest BCUT2D eigenvalue weighted by molar-refractivity contribution is 0.0509. The SMILES string of the molecule is CCOC(=O)c1c(OC(C)C)c2c(=O)n(Cc3cccc(Cl)c3)c(CC)nc2n1C. The summed E-state index contributed by atoms with van der Waals surface area (Å²) in [5.41, 5.74) is 1.21. The van der Waals surface area contributed by atoms with Crippen LogP contribution in [0.2, 0.25) is 5.02 Å². The highest BCUT2D eigenvalue weighted by Gasteiger charge is 2.29. The summed E-state index contributed by atoms with van der Waals surface area (Å²) in [6.07, 6.45) is 0.307. The highest BCUT2D eigenvalue weighted by Crippen LogP contribution is 2.31. The minimum absolute atomic E-state index is 0.188. The van der Waals surface area contributed by atoms with Gasteiger partial charge in [-0.3, -0.25) is 9.36 Å². The number of fused-ring (bicyclic) bond motifs is 1. The molecular weight excluding hydrogens is 406 g/mol. The summed E-state index contributed by atoms with van der Waals surface area (Å²) in [4.78, 5) is 30.9. The summed E-state index contributed by atoms with van der Waals surface area (Å²) in [6, 6.07) is 7.35. The molecule has 160 valence electrons. The fraction of sp³-hybridized carbons (Fsp3) is 0.409. The van der Waals surface area contributed by atoms with Crippen LogP contribution >= 0.6 is 11.6 Å². The van der Waals surface area contributed by atoms with Crippen LogP contribution in [0.1, 0.15) is 49.6 Å². The molecule has 0 radical (unpaired) electrons. The molecule has 30 heavy (non-hydrogen) atoms. The van der Waals surface area contributed by atoms with Gasteiger partial charge in [0.05, 0.1) is 19.3 Å². The second-order valence-electron chi connectivity index (χ2n) is 7.23. The molecule has 0 saturated carbocycles. The molecule has 0 aliphatic carbocycles. The number of ether oxygens (including phenoxy) is 2. The van der Waals surface area contributed by atoms with Crippen molar-refractivity contribution in [3.63, 3.8) is 0 Å². The van der Waals surface area contributed by atoms with Crippen LogP contribution in [0.15, 0.2) is 29.1 Å². The first-order valence-corrected chi connectivity index (χ1v) is 10.4. The van der Waals surface area contributed by atoms with Gasteiger partial charge < -0.3 is 14.0 Å². The zero-order valence-electron chi connectivity index (χ0n) is 17.9. The number of carbonyl (C=O) groups excluding carboxylic acids is 1. The van der Waals surface area contributed by atoms with Crippen LogP contribution < -0.4 is 10.3 Å². The van der Waals surface area contributed by atoms with Crippen molar-refractivity contribution >= 4 is 28.6 Å². The van der Waals surface area contributed by atoms with E-state index in [1.54, 1.807) is 29.2 Å². The van der Waals surface area contributed by atoms with E-state index < -0.39 is 5.97 Å².